The lowest BCUT2D eigenvalue weighted by atomic mass is 9.88. The number of imide groups is 1. The van der Waals surface area contributed by atoms with E-state index in [1.54, 1.807) is 26.6 Å². The molecule has 14 heteroatoms. The van der Waals surface area contributed by atoms with Gasteiger partial charge in [-0.05, 0) is 93.4 Å². The SMILES string of the molecule is COc1cc(-c2cn(C)c(=O)c3[nH]ncc23)cc(Cl)c1CC1CCN(CC(=O)C2CCN(c3ccc(NC4CCC(=O)NC4=O)cc3Cl)CC2)CC1. The van der Waals surface area contributed by atoms with Crippen LogP contribution in [0, 0.1) is 11.8 Å². The van der Waals surface area contributed by atoms with Gasteiger partial charge in [0.25, 0.3) is 5.56 Å². The number of halogens is 2. The van der Waals surface area contributed by atoms with E-state index in [0.29, 0.717) is 46.6 Å². The molecule has 3 aliphatic rings. The summed E-state index contributed by atoms with van der Waals surface area (Å²) in [6.45, 7) is 3.68. The number of hydrogen-bond acceptors (Lipinski definition) is 9. The molecule has 0 aliphatic carbocycles. The van der Waals surface area contributed by atoms with Gasteiger partial charge in [0.05, 0.1) is 30.6 Å². The molecule has 274 valence electrons. The summed E-state index contributed by atoms with van der Waals surface area (Å²) in [6.07, 6.45) is 8.49. The average molecular weight is 749 g/mol. The Hall–Kier alpha value is -4.39. The molecule has 3 fully saturated rings. The fraction of sp³-hybridized carbons (Fsp3) is 0.447. The Morgan fingerprint density at radius 3 is 2.48 bits per heavy atom. The quantitative estimate of drug-likeness (QED) is 0.187. The number of fused-ring (bicyclic) bond motifs is 1. The minimum absolute atomic E-state index is 0.0260. The molecule has 3 aliphatic heterocycles. The standard InChI is InChI=1S/C38H43Cl2N7O5/c1-45-20-28(27-19-41-44-36(27)38(45)51)24-16-29(39)26(34(17-24)52-2)15-22-7-11-46(12-8-22)21-33(48)23-9-13-47(14-10-23)32-5-3-25(18-30(32)40)42-31-4-6-35(49)43-37(31)50/h3,5,16-20,22-23,31,42H,4,6-15,21H2,1-2H3,(H,41,44)(H,43,49,50). The van der Waals surface area contributed by atoms with Crippen LogP contribution in [0.3, 0.4) is 0 Å². The highest BCUT2D eigenvalue weighted by Crippen LogP contribution is 2.38. The molecule has 0 radical (unpaired) electrons. The maximum Gasteiger partial charge on any atom is 0.276 e. The van der Waals surface area contributed by atoms with E-state index in [9.17, 15) is 19.2 Å². The highest BCUT2D eigenvalue weighted by atomic mass is 35.5. The number of nitrogens with one attached hydrogen (secondary N) is 3. The molecule has 1 unspecified atom stereocenters. The van der Waals surface area contributed by atoms with Gasteiger partial charge in [-0.15, -0.1) is 0 Å². The van der Waals surface area contributed by atoms with Crippen molar-refractivity contribution in [3.8, 4) is 16.9 Å². The number of ketones is 1. The molecular weight excluding hydrogens is 705 g/mol. The summed E-state index contributed by atoms with van der Waals surface area (Å²) in [7, 11) is 3.37. The van der Waals surface area contributed by atoms with E-state index in [1.165, 1.54) is 4.57 Å². The van der Waals surface area contributed by atoms with E-state index in [4.69, 9.17) is 27.9 Å². The normalized spacial score (nSPS) is 19.2. The molecule has 3 N–H and O–H groups in total. The van der Waals surface area contributed by atoms with Crippen LogP contribution in [-0.2, 0) is 27.9 Å². The smallest absolute Gasteiger partial charge is 0.276 e. The number of aryl methyl sites for hydroxylation is 1. The number of likely N-dealkylation sites (tertiary alicyclic amines) is 1. The van der Waals surface area contributed by atoms with E-state index < -0.39 is 6.04 Å². The van der Waals surface area contributed by atoms with Crippen LogP contribution in [0.25, 0.3) is 22.0 Å². The number of pyridine rings is 1. The topological polar surface area (TPSA) is 142 Å². The van der Waals surface area contributed by atoms with Crippen LogP contribution in [0.1, 0.15) is 44.1 Å². The number of piperidine rings is 3. The Labute approximate surface area is 311 Å². The number of Topliss-reactive ketones (excluding diaryl/α,β-unsaturated/α-hetero) is 1. The molecule has 7 rings (SSSR count). The van der Waals surface area contributed by atoms with Crippen molar-refractivity contribution in [2.24, 2.45) is 18.9 Å². The van der Waals surface area contributed by atoms with Gasteiger partial charge < -0.3 is 19.5 Å². The largest absolute Gasteiger partial charge is 0.496 e. The van der Waals surface area contributed by atoms with Gasteiger partial charge in [-0.3, -0.25) is 34.5 Å². The number of H-pyrrole nitrogens is 1. The Kier molecular flexibility index (Phi) is 10.6. The van der Waals surface area contributed by atoms with E-state index in [0.717, 1.165) is 97.5 Å². The van der Waals surface area contributed by atoms with Crippen molar-refractivity contribution in [3.63, 3.8) is 0 Å². The maximum absolute atomic E-state index is 13.4. The minimum Gasteiger partial charge on any atom is -0.496 e. The number of amides is 2. The van der Waals surface area contributed by atoms with Crippen molar-refractivity contribution in [1.82, 2.24) is 25.0 Å². The first-order valence-corrected chi connectivity index (χ1v) is 18.6. The fourth-order valence-corrected chi connectivity index (χ4v) is 8.43. The van der Waals surface area contributed by atoms with E-state index >= 15 is 0 Å². The Balaban J connectivity index is 0.896. The van der Waals surface area contributed by atoms with Crippen molar-refractivity contribution >= 4 is 63.1 Å². The van der Waals surface area contributed by atoms with Gasteiger partial charge in [0.15, 0.2) is 0 Å². The summed E-state index contributed by atoms with van der Waals surface area (Å²) in [4.78, 5) is 54.0. The van der Waals surface area contributed by atoms with E-state index in [-0.39, 0.29) is 23.3 Å². The lowest BCUT2D eigenvalue weighted by Gasteiger charge is -2.36. The third-order valence-electron chi connectivity index (χ3n) is 10.9. The molecule has 4 aromatic rings. The van der Waals surface area contributed by atoms with Crippen LogP contribution in [0.15, 0.2) is 47.5 Å². The van der Waals surface area contributed by atoms with Gasteiger partial charge in [0, 0.05) is 65.9 Å². The van der Waals surface area contributed by atoms with Gasteiger partial charge >= 0.3 is 0 Å². The number of hydrogen-bond donors (Lipinski definition) is 3. The zero-order valence-electron chi connectivity index (χ0n) is 29.3. The molecule has 12 nitrogen and oxygen atoms in total. The number of ether oxygens (including phenoxy) is 1. The summed E-state index contributed by atoms with van der Waals surface area (Å²) in [5.41, 5.74) is 4.63. The first-order chi connectivity index (χ1) is 25.1. The third kappa shape index (κ3) is 7.55. The number of aromatic nitrogens is 3. The molecule has 0 saturated carbocycles. The van der Waals surface area contributed by atoms with Crippen molar-refractivity contribution in [2.45, 2.75) is 51.0 Å². The van der Waals surface area contributed by atoms with Crippen LogP contribution in [0.5, 0.6) is 5.75 Å². The number of anilines is 2. The number of benzene rings is 2. The zero-order chi connectivity index (χ0) is 36.5. The van der Waals surface area contributed by atoms with Gasteiger partial charge in [-0.25, -0.2) is 0 Å². The lowest BCUT2D eigenvalue weighted by molar-refractivity contribution is -0.133. The molecule has 3 saturated heterocycles. The van der Waals surface area contributed by atoms with Crippen LogP contribution < -0.4 is 25.8 Å². The summed E-state index contributed by atoms with van der Waals surface area (Å²) in [5.74, 6) is 0.898. The fourth-order valence-electron chi connectivity index (χ4n) is 7.84. The predicted octanol–water partition coefficient (Wildman–Crippen LogP) is 5.20. The van der Waals surface area contributed by atoms with Crippen LogP contribution in [0.4, 0.5) is 11.4 Å². The monoisotopic (exact) mass is 747 g/mol. The zero-order valence-corrected chi connectivity index (χ0v) is 30.9. The average Bonchev–Trinajstić information content (AvgIpc) is 3.63. The molecule has 2 aromatic carbocycles. The first kappa shape index (κ1) is 36.0. The van der Waals surface area contributed by atoms with Crippen molar-refractivity contribution in [1.29, 1.82) is 0 Å². The van der Waals surface area contributed by atoms with Crippen molar-refractivity contribution < 1.29 is 19.1 Å². The third-order valence-corrected chi connectivity index (χ3v) is 11.5. The molecule has 5 heterocycles. The van der Waals surface area contributed by atoms with Crippen molar-refractivity contribution in [2.75, 3.05) is 50.1 Å². The molecule has 0 bridgehead atoms. The Bertz CT molecular complexity index is 2060. The van der Waals surface area contributed by atoms with E-state index in [2.05, 4.69) is 30.6 Å². The highest BCUT2D eigenvalue weighted by molar-refractivity contribution is 6.33. The van der Waals surface area contributed by atoms with Gasteiger partial charge in [0.1, 0.15) is 23.1 Å². The lowest BCUT2D eigenvalue weighted by Crippen LogP contribution is -2.47. The number of methoxy groups -OCH3 is 1. The number of carbonyl (C=O) groups is 3. The van der Waals surface area contributed by atoms with Crippen LogP contribution >= 0.6 is 23.2 Å². The number of nitrogens with zero attached hydrogens (tertiary/aromatic N) is 4. The summed E-state index contributed by atoms with van der Waals surface area (Å²) < 4.78 is 7.37. The molecule has 2 amide bonds. The maximum atomic E-state index is 13.4. The number of rotatable bonds is 10. The molecule has 52 heavy (non-hydrogen) atoms. The van der Waals surface area contributed by atoms with E-state index in [1.807, 2.05) is 30.3 Å². The molecular formula is C38H43Cl2N7O5. The summed E-state index contributed by atoms with van der Waals surface area (Å²) in [6, 6.07) is 9.12. The van der Waals surface area contributed by atoms with Crippen LogP contribution in [-0.4, -0.2) is 83.1 Å². The number of aromatic amines is 1. The van der Waals surface area contributed by atoms with Gasteiger partial charge in [-0.1, -0.05) is 23.2 Å². The Morgan fingerprint density at radius 1 is 1.00 bits per heavy atom. The van der Waals surface area contributed by atoms with Gasteiger partial charge in [-0.2, -0.15) is 5.10 Å². The second kappa shape index (κ2) is 15.3. The second-order valence-electron chi connectivity index (χ2n) is 14.2. The predicted molar refractivity (Wildman–Crippen MR) is 202 cm³/mol. The Morgan fingerprint density at radius 2 is 1.77 bits per heavy atom. The summed E-state index contributed by atoms with van der Waals surface area (Å²) in [5, 5.41) is 14.4. The molecule has 1 atom stereocenters. The van der Waals surface area contributed by atoms with Crippen molar-refractivity contribution in [3.05, 3.63) is 68.7 Å². The second-order valence-corrected chi connectivity index (χ2v) is 15.0. The molecule has 0 spiro atoms. The van der Waals surface area contributed by atoms with Gasteiger partial charge in [0.2, 0.25) is 11.8 Å². The minimum atomic E-state index is -0.470. The first-order valence-electron chi connectivity index (χ1n) is 17.9. The summed E-state index contributed by atoms with van der Waals surface area (Å²) >= 11 is 13.6. The highest BCUT2D eigenvalue weighted by Gasteiger charge is 2.30. The van der Waals surface area contributed by atoms with Crippen LogP contribution in [0.2, 0.25) is 10.0 Å². The molecule has 2 aromatic heterocycles. The number of carbonyl (C=O) groups excluding carboxylic acids is 3.